The van der Waals surface area contributed by atoms with Crippen molar-refractivity contribution in [3.63, 3.8) is 0 Å². The van der Waals surface area contributed by atoms with Crippen LogP contribution >= 0.6 is 0 Å². The summed E-state index contributed by atoms with van der Waals surface area (Å²) in [5, 5.41) is 0. The van der Waals surface area contributed by atoms with Crippen molar-refractivity contribution in [3.8, 4) is 0 Å². The Morgan fingerprint density at radius 1 is 1.69 bits per heavy atom. The van der Waals surface area contributed by atoms with Crippen LogP contribution in [0.4, 0.5) is 0 Å². The van der Waals surface area contributed by atoms with Crippen molar-refractivity contribution in [1.29, 1.82) is 0 Å². The third-order valence-electron chi connectivity index (χ3n) is 2.01. The fourth-order valence-electron chi connectivity index (χ4n) is 1.22. The summed E-state index contributed by atoms with van der Waals surface area (Å²) >= 11 is 0. The number of rotatable bonds is 1. The lowest BCUT2D eigenvalue weighted by atomic mass is 9.99. The second-order valence-corrected chi connectivity index (χ2v) is 3.20. The van der Waals surface area contributed by atoms with E-state index < -0.39 is 17.4 Å². The summed E-state index contributed by atoms with van der Waals surface area (Å²) in [4.78, 5) is 27.6. The summed E-state index contributed by atoms with van der Waals surface area (Å²) in [6.45, 7) is 1.60. The first-order chi connectivity index (χ1) is 5.88. The van der Waals surface area contributed by atoms with E-state index in [4.69, 9.17) is 11.5 Å². The van der Waals surface area contributed by atoms with Crippen LogP contribution in [0.15, 0.2) is 4.99 Å². The molecule has 1 aliphatic rings. The lowest BCUT2D eigenvalue weighted by Crippen LogP contribution is -2.58. The molecule has 0 aromatic heterocycles. The van der Waals surface area contributed by atoms with Gasteiger partial charge < -0.3 is 16.4 Å². The Kier molecular flexibility index (Phi) is 1.99. The van der Waals surface area contributed by atoms with Gasteiger partial charge in [-0.25, -0.2) is 4.99 Å². The largest absolute Gasteiger partial charge is 0.386 e. The highest BCUT2D eigenvalue weighted by Gasteiger charge is 2.44. The third kappa shape index (κ3) is 1.34. The van der Waals surface area contributed by atoms with Crippen molar-refractivity contribution in [2.75, 3.05) is 13.6 Å². The Bertz CT molecular complexity index is 299. The van der Waals surface area contributed by atoms with E-state index >= 15 is 0 Å². The molecule has 2 amide bonds. The van der Waals surface area contributed by atoms with Crippen molar-refractivity contribution in [2.45, 2.75) is 12.5 Å². The topological polar surface area (TPSA) is 102 Å². The van der Waals surface area contributed by atoms with Gasteiger partial charge >= 0.3 is 0 Å². The molecule has 0 bridgehead atoms. The predicted octanol–water partition coefficient (Wildman–Crippen LogP) is -1.94. The number of carbonyl (C=O) groups excluding carboxylic acids is 2. The number of primary amides is 1. The van der Waals surface area contributed by atoms with Crippen molar-refractivity contribution < 1.29 is 9.59 Å². The number of hydrogen-bond donors (Lipinski definition) is 2. The van der Waals surface area contributed by atoms with Gasteiger partial charge in [0, 0.05) is 7.05 Å². The lowest BCUT2D eigenvalue weighted by molar-refractivity contribution is -0.141. The monoisotopic (exact) mass is 184 g/mol. The summed E-state index contributed by atoms with van der Waals surface area (Å²) in [6.07, 6.45) is 0. The number of likely N-dealkylation sites (N-methyl/N-ethyl adjacent to an activating group) is 1. The van der Waals surface area contributed by atoms with Gasteiger partial charge in [0.1, 0.15) is 5.84 Å². The first-order valence-electron chi connectivity index (χ1n) is 3.77. The molecule has 0 saturated carbocycles. The van der Waals surface area contributed by atoms with E-state index in [1.165, 1.54) is 11.8 Å². The lowest BCUT2D eigenvalue weighted by Gasteiger charge is -2.31. The smallest absolute Gasteiger partial charge is 0.260 e. The van der Waals surface area contributed by atoms with Gasteiger partial charge in [-0.15, -0.1) is 0 Å². The minimum Gasteiger partial charge on any atom is -0.386 e. The van der Waals surface area contributed by atoms with Crippen LogP contribution in [-0.2, 0) is 9.59 Å². The number of nitrogens with two attached hydrogens (primary N) is 2. The zero-order valence-corrected chi connectivity index (χ0v) is 7.57. The van der Waals surface area contributed by atoms with Gasteiger partial charge in [-0.05, 0) is 6.92 Å². The van der Waals surface area contributed by atoms with Crippen molar-refractivity contribution in [1.82, 2.24) is 4.90 Å². The maximum Gasteiger partial charge on any atom is 0.260 e. The van der Waals surface area contributed by atoms with Crippen LogP contribution in [0.5, 0.6) is 0 Å². The molecule has 1 aliphatic heterocycles. The predicted molar refractivity (Wildman–Crippen MR) is 46.9 cm³/mol. The molecule has 1 rings (SSSR count). The quantitative estimate of drug-likeness (QED) is 0.463. The summed E-state index contributed by atoms with van der Waals surface area (Å²) < 4.78 is 0. The first-order valence-corrected chi connectivity index (χ1v) is 3.77. The molecule has 4 N–H and O–H groups in total. The van der Waals surface area contributed by atoms with E-state index in [9.17, 15) is 9.59 Å². The van der Waals surface area contributed by atoms with E-state index in [1.54, 1.807) is 7.05 Å². The second kappa shape index (κ2) is 2.72. The van der Waals surface area contributed by atoms with E-state index in [-0.39, 0.29) is 12.4 Å². The molecule has 6 heteroatoms. The molecule has 72 valence electrons. The van der Waals surface area contributed by atoms with E-state index in [0.717, 1.165) is 0 Å². The van der Waals surface area contributed by atoms with Gasteiger partial charge in [0.15, 0.2) is 0 Å². The highest BCUT2D eigenvalue weighted by atomic mass is 16.2. The first kappa shape index (κ1) is 9.50. The molecule has 0 radical (unpaired) electrons. The van der Waals surface area contributed by atoms with Crippen LogP contribution in [-0.4, -0.2) is 41.7 Å². The fourth-order valence-corrected chi connectivity index (χ4v) is 1.22. The van der Waals surface area contributed by atoms with Crippen LogP contribution in [0.1, 0.15) is 6.92 Å². The molecule has 1 unspecified atom stereocenters. The molecule has 0 aliphatic carbocycles. The summed E-state index contributed by atoms with van der Waals surface area (Å²) in [5.74, 6) is -0.968. The van der Waals surface area contributed by atoms with Gasteiger partial charge in [-0.1, -0.05) is 0 Å². The van der Waals surface area contributed by atoms with Crippen LogP contribution in [0.2, 0.25) is 0 Å². The van der Waals surface area contributed by atoms with Crippen LogP contribution in [0.25, 0.3) is 0 Å². The van der Waals surface area contributed by atoms with Crippen molar-refractivity contribution in [2.24, 2.45) is 16.5 Å². The Balaban J connectivity index is 3.15. The maximum absolute atomic E-state index is 11.5. The zero-order chi connectivity index (χ0) is 10.2. The number of hydrogen-bond acceptors (Lipinski definition) is 4. The number of aliphatic imine (C=N–C) groups is 1. The van der Waals surface area contributed by atoms with E-state index in [0.29, 0.717) is 0 Å². The SMILES string of the molecule is CN1CC(N)=NC(C)(C(N)=O)C1=O. The molecular weight excluding hydrogens is 172 g/mol. The zero-order valence-electron chi connectivity index (χ0n) is 7.57. The molecule has 1 heterocycles. The molecule has 1 atom stereocenters. The van der Waals surface area contributed by atoms with Crippen molar-refractivity contribution in [3.05, 3.63) is 0 Å². The maximum atomic E-state index is 11.5. The average Bonchev–Trinajstić information content (AvgIpc) is 1.99. The van der Waals surface area contributed by atoms with Gasteiger partial charge in [-0.2, -0.15) is 0 Å². The average molecular weight is 184 g/mol. The van der Waals surface area contributed by atoms with Crippen LogP contribution in [0.3, 0.4) is 0 Å². The molecule has 0 aromatic carbocycles. The van der Waals surface area contributed by atoms with Gasteiger partial charge in [0.2, 0.25) is 5.54 Å². The number of nitrogens with zero attached hydrogens (tertiary/aromatic N) is 2. The molecule has 13 heavy (non-hydrogen) atoms. The summed E-state index contributed by atoms with van der Waals surface area (Å²) in [6, 6.07) is 0. The Labute approximate surface area is 75.6 Å². The Morgan fingerprint density at radius 3 is 2.69 bits per heavy atom. The van der Waals surface area contributed by atoms with E-state index in [1.807, 2.05) is 0 Å². The molecular formula is C7H12N4O2. The standard InChI is InChI=1S/C7H12N4O2/c1-7(5(9)12)6(13)11(2)3-4(8)10-7/h3H2,1-2H3,(H2,8,10)(H2,9,12). The molecule has 0 fully saturated rings. The normalized spacial score (nSPS) is 28.6. The van der Waals surface area contributed by atoms with Gasteiger partial charge in [0.25, 0.3) is 11.8 Å². The number of amidine groups is 1. The second-order valence-electron chi connectivity index (χ2n) is 3.20. The molecule has 6 nitrogen and oxygen atoms in total. The van der Waals surface area contributed by atoms with Gasteiger partial charge in [0.05, 0.1) is 6.54 Å². The minimum absolute atomic E-state index is 0.238. The molecule has 0 aromatic rings. The van der Waals surface area contributed by atoms with Gasteiger partial charge in [-0.3, -0.25) is 9.59 Å². The van der Waals surface area contributed by atoms with Crippen LogP contribution in [0, 0.1) is 0 Å². The van der Waals surface area contributed by atoms with Crippen LogP contribution < -0.4 is 11.5 Å². The Morgan fingerprint density at radius 2 is 2.23 bits per heavy atom. The third-order valence-corrected chi connectivity index (χ3v) is 2.01. The fraction of sp³-hybridized carbons (Fsp3) is 0.571. The Hall–Kier alpha value is -1.59. The number of amides is 2. The molecule has 0 saturated heterocycles. The highest BCUT2D eigenvalue weighted by Crippen LogP contribution is 2.16. The highest BCUT2D eigenvalue weighted by molar-refractivity contribution is 6.12. The van der Waals surface area contributed by atoms with E-state index in [2.05, 4.69) is 4.99 Å². The summed E-state index contributed by atoms with van der Waals surface area (Å²) in [5.41, 5.74) is 8.99. The summed E-state index contributed by atoms with van der Waals surface area (Å²) in [7, 11) is 1.55. The molecule has 0 spiro atoms. The van der Waals surface area contributed by atoms with Crippen molar-refractivity contribution >= 4 is 17.6 Å². The minimum atomic E-state index is -1.53. The number of carbonyl (C=O) groups is 2.